The van der Waals surface area contributed by atoms with Gasteiger partial charge in [0.1, 0.15) is 0 Å². The Morgan fingerprint density at radius 2 is 1.59 bits per heavy atom. The predicted molar refractivity (Wildman–Crippen MR) is 118 cm³/mol. The lowest BCUT2D eigenvalue weighted by molar-refractivity contribution is -0.120. The fourth-order valence-electron chi connectivity index (χ4n) is 3.72. The van der Waals surface area contributed by atoms with Crippen molar-refractivity contribution in [1.82, 2.24) is 5.32 Å². The molecule has 1 aliphatic carbocycles. The van der Waals surface area contributed by atoms with Crippen LogP contribution in [-0.4, -0.2) is 17.9 Å². The van der Waals surface area contributed by atoms with Crippen molar-refractivity contribution in [2.45, 2.75) is 57.5 Å². The Balaban J connectivity index is 1.57. The van der Waals surface area contributed by atoms with Crippen LogP contribution in [0.4, 0.5) is 11.4 Å². The van der Waals surface area contributed by atoms with Gasteiger partial charge in [0.25, 0.3) is 0 Å². The van der Waals surface area contributed by atoms with E-state index >= 15 is 0 Å². The van der Waals surface area contributed by atoms with Gasteiger partial charge in [0.15, 0.2) is 0 Å². The van der Waals surface area contributed by atoms with E-state index in [0.717, 1.165) is 16.9 Å². The third kappa shape index (κ3) is 6.79. The first-order valence-corrected chi connectivity index (χ1v) is 10.6. The second-order valence-electron chi connectivity index (χ2n) is 7.61. The molecule has 5 nitrogen and oxygen atoms in total. The Bertz CT molecular complexity index is 815. The van der Waals surface area contributed by atoms with Gasteiger partial charge in [-0.2, -0.15) is 0 Å². The molecule has 154 valence electrons. The maximum Gasteiger partial charge on any atom is 0.226 e. The molecule has 0 spiro atoms. The van der Waals surface area contributed by atoms with E-state index in [-0.39, 0.29) is 18.2 Å². The number of rotatable bonds is 7. The number of carbonyl (C=O) groups excluding carboxylic acids is 2. The van der Waals surface area contributed by atoms with Gasteiger partial charge in [-0.1, -0.05) is 43.0 Å². The average molecular weight is 414 g/mol. The Hall–Kier alpha value is -2.53. The number of amides is 2. The van der Waals surface area contributed by atoms with Crippen molar-refractivity contribution in [2.75, 3.05) is 10.6 Å². The normalized spacial score (nSPS) is 15.4. The molecule has 29 heavy (non-hydrogen) atoms. The van der Waals surface area contributed by atoms with Gasteiger partial charge in [-0.15, -0.1) is 0 Å². The summed E-state index contributed by atoms with van der Waals surface area (Å²) >= 11 is 5.94. The summed E-state index contributed by atoms with van der Waals surface area (Å²) in [6.45, 7) is 1.44. The quantitative estimate of drug-likeness (QED) is 0.577. The molecule has 0 radical (unpaired) electrons. The highest BCUT2D eigenvalue weighted by Gasteiger charge is 2.17. The molecule has 1 aliphatic rings. The van der Waals surface area contributed by atoms with Crippen LogP contribution in [0, 0.1) is 0 Å². The molecule has 2 amide bonds. The minimum atomic E-state index is -0.406. The highest BCUT2D eigenvalue weighted by Crippen LogP contribution is 2.23. The lowest BCUT2D eigenvalue weighted by atomic mass is 9.95. The molecule has 0 saturated heterocycles. The minimum absolute atomic E-state index is 0.142. The summed E-state index contributed by atoms with van der Waals surface area (Å²) in [5.41, 5.74) is 2.65. The molecular weight excluding hydrogens is 386 g/mol. The minimum Gasteiger partial charge on any atom is -0.382 e. The highest BCUT2D eigenvalue weighted by molar-refractivity contribution is 6.30. The van der Waals surface area contributed by atoms with Crippen LogP contribution in [0.15, 0.2) is 48.5 Å². The molecule has 3 rings (SSSR count). The van der Waals surface area contributed by atoms with Gasteiger partial charge in [-0.05, 0) is 54.8 Å². The van der Waals surface area contributed by atoms with Gasteiger partial charge in [0, 0.05) is 29.4 Å². The van der Waals surface area contributed by atoms with Crippen molar-refractivity contribution < 1.29 is 9.59 Å². The largest absolute Gasteiger partial charge is 0.382 e. The van der Waals surface area contributed by atoms with Crippen LogP contribution < -0.4 is 16.0 Å². The maximum absolute atomic E-state index is 12.5. The first kappa shape index (κ1) is 21.2. The molecule has 2 aromatic rings. The van der Waals surface area contributed by atoms with E-state index in [2.05, 4.69) is 16.0 Å². The first-order chi connectivity index (χ1) is 14.0. The first-order valence-electron chi connectivity index (χ1n) is 10.2. The maximum atomic E-state index is 12.5. The van der Waals surface area contributed by atoms with Gasteiger partial charge in [-0.25, -0.2) is 0 Å². The zero-order valence-corrected chi connectivity index (χ0v) is 17.5. The van der Waals surface area contributed by atoms with Crippen molar-refractivity contribution in [3.8, 4) is 0 Å². The number of hydrogen-bond donors (Lipinski definition) is 3. The van der Waals surface area contributed by atoms with E-state index in [4.69, 9.17) is 11.6 Å². The zero-order chi connectivity index (χ0) is 20.6. The third-order valence-electron chi connectivity index (χ3n) is 5.18. The van der Waals surface area contributed by atoms with Crippen LogP contribution in [0.2, 0.25) is 5.02 Å². The number of benzene rings is 2. The monoisotopic (exact) mass is 413 g/mol. The van der Waals surface area contributed by atoms with Gasteiger partial charge in [0.2, 0.25) is 11.8 Å². The van der Waals surface area contributed by atoms with Crippen molar-refractivity contribution in [3.63, 3.8) is 0 Å². The van der Waals surface area contributed by atoms with E-state index in [9.17, 15) is 9.59 Å². The van der Waals surface area contributed by atoms with Gasteiger partial charge in [0.05, 0.1) is 12.5 Å². The molecule has 1 unspecified atom stereocenters. The predicted octanol–water partition coefficient (Wildman–Crippen LogP) is 5.29. The van der Waals surface area contributed by atoms with E-state index in [1.807, 2.05) is 36.4 Å². The molecule has 0 aromatic heterocycles. The summed E-state index contributed by atoms with van der Waals surface area (Å²) in [5, 5.41) is 9.93. The van der Waals surface area contributed by atoms with Crippen LogP contribution in [-0.2, 0) is 9.59 Å². The number of halogens is 1. The molecular formula is C23H28ClN3O2. The Labute approximate surface area is 177 Å². The average Bonchev–Trinajstić information content (AvgIpc) is 2.70. The highest BCUT2D eigenvalue weighted by atomic mass is 35.5. The Morgan fingerprint density at radius 3 is 2.21 bits per heavy atom. The smallest absolute Gasteiger partial charge is 0.226 e. The number of nitrogens with one attached hydrogen (secondary N) is 3. The lowest BCUT2D eigenvalue weighted by Crippen LogP contribution is -2.29. The molecule has 0 aliphatic heterocycles. The van der Waals surface area contributed by atoms with Crippen LogP contribution in [0.1, 0.15) is 57.1 Å². The molecule has 1 saturated carbocycles. The van der Waals surface area contributed by atoms with Gasteiger partial charge in [-0.3, -0.25) is 9.59 Å². The summed E-state index contributed by atoms with van der Waals surface area (Å²) in [6, 6.07) is 15.1. The second-order valence-corrected chi connectivity index (χ2v) is 8.05. The zero-order valence-electron chi connectivity index (χ0n) is 16.7. The Morgan fingerprint density at radius 1 is 0.966 bits per heavy atom. The van der Waals surface area contributed by atoms with Crippen molar-refractivity contribution in [2.24, 2.45) is 0 Å². The number of anilines is 2. The van der Waals surface area contributed by atoms with Crippen LogP contribution in [0.5, 0.6) is 0 Å². The van der Waals surface area contributed by atoms with Crippen molar-refractivity contribution in [1.29, 1.82) is 0 Å². The topological polar surface area (TPSA) is 70.2 Å². The van der Waals surface area contributed by atoms with Gasteiger partial charge < -0.3 is 16.0 Å². The van der Waals surface area contributed by atoms with E-state index in [0.29, 0.717) is 11.1 Å². The summed E-state index contributed by atoms with van der Waals surface area (Å²) in [6.07, 6.45) is 6.48. The van der Waals surface area contributed by atoms with E-state index in [1.165, 1.54) is 39.0 Å². The molecule has 3 N–H and O–H groups in total. The standard InChI is InChI=1S/C23H28ClN3O2/c1-16(28)25-22(17-7-9-18(24)10-8-17)15-23(29)27-21-13-11-20(12-14-21)26-19-5-3-2-4-6-19/h7-14,19,22,26H,2-6,15H2,1H3,(H,25,28)(H,27,29). The molecule has 0 heterocycles. The second kappa shape index (κ2) is 10.3. The number of hydrogen-bond acceptors (Lipinski definition) is 3. The molecule has 1 fully saturated rings. The summed E-state index contributed by atoms with van der Waals surface area (Å²) in [4.78, 5) is 24.1. The molecule has 6 heteroatoms. The van der Waals surface area contributed by atoms with Crippen LogP contribution in [0.25, 0.3) is 0 Å². The van der Waals surface area contributed by atoms with E-state index in [1.54, 1.807) is 12.1 Å². The van der Waals surface area contributed by atoms with Crippen molar-refractivity contribution >= 4 is 34.8 Å². The van der Waals surface area contributed by atoms with Crippen molar-refractivity contribution in [3.05, 3.63) is 59.1 Å². The van der Waals surface area contributed by atoms with Crippen LogP contribution in [0.3, 0.4) is 0 Å². The summed E-state index contributed by atoms with van der Waals surface area (Å²) in [7, 11) is 0. The Kier molecular flexibility index (Phi) is 7.53. The van der Waals surface area contributed by atoms with E-state index < -0.39 is 6.04 Å². The lowest BCUT2D eigenvalue weighted by Gasteiger charge is -2.24. The third-order valence-corrected chi connectivity index (χ3v) is 5.44. The van der Waals surface area contributed by atoms with Gasteiger partial charge >= 0.3 is 0 Å². The SMILES string of the molecule is CC(=O)NC(CC(=O)Nc1ccc(NC2CCCCC2)cc1)c1ccc(Cl)cc1. The molecule has 0 bridgehead atoms. The van der Waals surface area contributed by atoms with Crippen LogP contribution >= 0.6 is 11.6 Å². The summed E-state index contributed by atoms with van der Waals surface area (Å²) < 4.78 is 0. The molecule has 2 aromatic carbocycles. The summed E-state index contributed by atoms with van der Waals surface area (Å²) in [5.74, 6) is -0.345. The number of carbonyl (C=O) groups is 2. The fraction of sp³-hybridized carbons (Fsp3) is 0.391. The fourth-order valence-corrected chi connectivity index (χ4v) is 3.85. The molecule has 1 atom stereocenters.